The maximum atomic E-state index is 10.7. The molecular formula is C12H14N2O2S. The molecule has 0 amide bonds. The number of rotatable bonds is 5. The number of aliphatic carboxylic acids is 1. The van der Waals surface area contributed by atoms with E-state index in [0.29, 0.717) is 13.0 Å². The molecule has 17 heavy (non-hydrogen) atoms. The van der Waals surface area contributed by atoms with Crippen LogP contribution in [0.2, 0.25) is 0 Å². The van der Waals surface area contributed by atoms with Crippen LogP contribution in [-0.2, 0) is 4.79 Å². The third-order valence-corrected chi connectivity index (χ3v) is 3.55. The van der Waals surface area contributed by atoms with E-state index in [1.807, 2.05) is 17.5 Å². The van der Waals surface area contributed by atoms with Crippen LogP contribution in [0.15, 0.2) is 23.7 Å². The van der Waals surface area contributed by atoms with Gasteiger partial charge in [0.2, 0.25) is 0 Å². The Balaban J connectivity index is 1.99. The van der Waals surface area contributed by atoms with Crippen molar-refractivity contribution in [3.05, 3.63) is 23.7 Å². The van der Waals surface area contributed by atoms with Crippen molar-refractivity contribution in [2.24, 2.45) is 5.92 Å². The molecule has 2 aromatic heterocycles. The summed E-state index contributed by atoms with van der Waals surface area (Å²) in [5.41, 5.74) is 0. The molecule has 2 rings (SSSR count). The fourth-order valence-corrected chi connectivity index (χ4v) is 2.35. The molecule has 90 valence electrons. The molecule has 5 heteroatoms. The molecule has 1 atom stereocenters. The van der Waals surface area contributed by atoms with Gasteiger partial charge in [-0.25, -0.2) is 4.98 Å². The Hall–Kier alpha value is -1.62. The monoisotopic (exact) mass is 250 g/mol. The van der Waals surface area contributed by atoms with Crippen LogP contribution in [0.4, 0.5) is 5.82 Å². The highest BCUT2D eigenvalue weighted by molar-refractivity contribution is 7.17. The number of nitrogens with zero attached hydrogens (tertiary/aromatic N) is 1. The Morgan fingerprint density at radius 2 is 2.41 bits per heavy atom. The fraction of sp³-hybridized carbons (Fsp3) is 0.333. The molecule has 0 aliphatic heterocycles. The van der Waals surface area contributed by atoms with Gasteiger partial charge in [0.1, 0.15) is 5.82 Å². The highest BCUT2D eigenvalue weighted by Crippen LogP contribution is 2.25. The Morgan fingerprint density at radius 3 is 3.18 bits per heavy atom. The molecule has 0 spiro atoms. The number of nitrogens with one attached hydrogen (secondary N) is 1. The minimum absolute atomic E-state index is 0.329. The van der Waals surface area contributed by atoms with Crippen LogP contribution in [-0.4, -0.2) is 22.6 Å². The topological polar surface area (TPSA) is 62.2 Å². The van der Waals surface area contributed by atoms with Crippen molar-refractivity contribution in [1.29, 1.82) is 0 Å². The van der Waals surface area contributed by atoms with Gasteiger partial charge in [0.25, 0.3) is 0 Å². The van der Waals surface area contributed by atoms with Crippen molar-refractivity contribution in [3.63, 3.8) is 0 Å². The van der Waals surface area contributed by atoms with Crippen LogP contribution < -0.4 is 5.32 Å². The standard InChI is InChI=1S/C12H14N2O2S/c1-8(12(15)16)2-5-13-11-9-4-7-17-10(9)3-6-14-11/h3-4,6-8H,2,5H2,1H3,(H,13,14)(H,15,16). The number of hydrogen-bond acceptors (Lipinski definition) is 4. The summed E-state index contributed by atoms with van der Waals surface area (Å²) in [6, 6.07) is 4.00. The van der Waals surface area contributed by atoms with Gasteiger partial charge < -0.3 is 10.4 Å². The molecule has 4 nitrogen and oxygen atoms in total. The lowest BCUT2D eigenvalue weighted by Crippen LogP contribution is -2.14. The second kappa shape index (κ2) is 5.14. The van der Waals surface area contributed by atoms with Gasteiger partial charge in [-0.2, -0.15) is 0 Å². The van der Waals surface area contributed by atoms with Gasteiger partial charge in [0.15, 0.2) is 0 Å². The van der Waals surface area contributed by atoms with E-state index in [2.05, 4.69) is 10.3 Å². The van der Waals surface area contributed by atoms with E-state index in [-0.39, 0.29) is 5.92 Å². The van der Waals surface area contributed by atoms with Crippen LogP contribution in [0.1, 0.15) is 13.3 Å². The Labute approximate surface area is 103 Å². The van der Waals surface area contributed by atoms with Crippen LogP contribution >= 0.6 is 11.3 Å². The number of thiophene rings is 1. The SMILES string of the molecule is CC(CCNc1nccc2sccc12)C(=O)O. The number of hydrogen-bond donors (Lipinski definition) is 2. The third-order valence-electron chi connectivity index (χ3n) is 2.67. The Morgan fingerprint density at radius 1 is 1.59 bits per heavy atom. The van der Waals surface area contributed by atoms with Gasteiger partial charge >= 0.3 is 5.97 Å². The minimum Gasteiger partial charge on any atom is -0.481 e. The fourth-order valence-electron chi connectivity index (χ4n) is 1.57. The molecule has 0 fully saturated rings. The molecule has 0 saturated heterocycles. The first kappa shape index (κ1) is 11.9. The normalized spacial score (nSPS) is 12.5. The summed E-state index contributed by atoms with van der Waals surface area (Å²) >= 11 is 1.67. The predicted octanol–water partition coefficient (Wildman–Crippen LogP) is 2.82. The van der Waals surface area contributed by atoms with Crippen LogP contribution in [0.25, 0.3) is 10.1 Å². The molecular weight excluding hydrogens is 236 g/mol. The van der Waals surface area contributed by atoms with Gasteiger partial charge in [0.05, 0.1) is 5.92 Å². The minimum atomic E-state index is -0.756. The highest BCUT2D eigenvalue weighted by Gasteiger charge is 2.10. The summed E-state index contributed by atoms with van der Waals surface area (Å²) in [7, 11) is 0. The molecule has 0 aliphatic rings. The van der Waals surface area contributed by atoms with E-state index < -0.39 is 5.97 Å². The van der Waals surface area contributed by atoms with Crippen molar-refractivity contribution in [2.75, 3.05) is 11.9 Å². The number of anilines is 1. The number of carboxylic acids is 1. The summed E-state index contributed by atoms with van der Waals surface area (Å²) < 4.78 is 1.19. The smallest absolute Gasteiger partial charge is 0.306 e. The largest absolute Gasteiger partial charge is 0.481 e. The van der Waals surface area contributed by atoms with Gasteiger partial charge in [-0.15, -0.1) is 11.3 Å². The quantitative estimate of drug-likeness (QED) is 0.856. The van der Waals surface area contributed by atoms with E-state index in [1.54, 1.807) is 24.5 Å². The van der Waals surface area contributed by atoms with E-state index >= 15 is 0 Å². The van der Waals surface area contributed by atoms with Gasteiger partial charge in [-0.3, -0.25) is 4.79 Å². The molecule has 0 radical (unpaired) electrons. The summed E-state index contributed by atoms with van der Waals surface area (Å²) in [5, 5.41) is 15.1. The van der Waals surface area contributed by atoms with Gasteiger partial charge in [-0.1, -0.05) is 6.92 Å². The maximum Gasteiger partial charge on any atom is 0.306 e. The lowest BCUT2D eigenvalue weighted by molar-refractivity contribution is -0.141. The van der Waals surface area contributed by atoms with Crippen molar-refractivity contribution >= 4 is 33.2 Å². The molecule has 2 N–H and O–H groups in total. The van der Waals surface area contributed by atoms with Crippen LogP contribution in [0.5, 0.6) is 0 Å². The van der Waals surface area contributed by atoms with E-state index in [1.165, 1.54) is 4.70 Å². The summed E-state index contributed by atoms with van der Waals surface area (Å²) in [5.74, 6) is -0.251. The summed E-state index contributed by atoms with van der Waals surface area (Å²) in [4.78, 5) is 14.9. The zero-order chi connectivity index (χ0) is 12.3. The first-order valence-corrected chi connectivity index (χ1v) is 6.35. The molecule has 0 aromatic carbocycles. The van der Waals surface area contributed by atoms with E-state index in [9.17, 15) is 4.79 Å². The molecule has 0 aliphatic carbocycles. The van der Waals surface area contributed by atoms with Crippen molar-refractivity contribution in [1.82, 2.24) is 4.98 Å². The number of carboxylic acid groups (broad SMARTS) is 1. The van der Waals surface area contributed by atoms with Crippen LogP contribution in [0.3, 0.4) is 0 Å². The zero-order valence-electron chi connectivity index (χ0n) is 9.51. The Bertz CT molecular complexity index is 524. The maximum absolute atomic E-state index is 10.7. The van der Waals surface area contributed by atoms with Gasteiger partial charge in [0, 0.05) is 22.8 Å². The first-order chi connectivity index (χ1) is 8.18. The third kappa shape index (κ3) is 2.74. The number of fused-ring (bicyclic) bond motifs is 1. The first-order valence-electron chi connectivity index (χ1n) is 5.47. The molecule has 2 aromatic rings. The lowest BCUT2D eigenvalue weighted by Gasteiger charge is -2.08. The number of aromatic nitrogens is 1. The number of carbonyl (C=O) groups is 1. The molecule has 0 bridgehead atoms. The van der Waals surface area contributed by atoms with Crippen molar-refractivity contribution < 1.29 is 9.90 Å². The van der Waals surface area contributed by atoms with Crippen molar-refractivity contribution in [3.8, 4) is 0 Å². The van der Waals surface area contributed by atoms with Crippen LogP contribution in [0, 0.1) is 5.92 Å². The molecule has 1 unspecified atom stereocenters. The van der Waals surface area contributed by atoms with E-state index in [4.69, 9.17) is 5.11 Å². The zero-order valence-corrected chi connectivity index (χ0v) is 10.3. The second-order valence-electron chi connectivity index (χ2n) is 3.95. The Kier molecular flexibility index (Phi) is 3.58. The second-order valence-corrected chi connectivity index (χ2v) is 4.89. The van der Waals surface area contributed by atoms with Gasteiger partial charge in [-0.05, 0) is 23.9 Å². The molecule has 2 heterocycles. The predicted molar refractivity (Wildman–Crippen MR) is 69.5 cm³/mol. The summed E-state index contributed by atoms with van der Waals surface area (Å²) in [6.45, 7) is 2.33. The highest BCUT2D eigenvalue weighted by atomic mass is 32.1. The lowest BCUT2D eigenvalue weighted by atomic mass is 10.1. The average Bonchev–Trinajstić information content (AvgIpc) is 2.77. The summed E-state index contributed by atoms with van der Waals surface area (Å²) in [6.07, 6.45) is 2.36. The number of pyridine rings is 1. The average molecular weight is 250 g/mol. The molecule has 0 saturated carbocycles. The van der Waals surface area contributed by atoms with Crippen molar-refractivity contribution in [2.45, 2.75) is 13.3 Å². The van der Waals surface area contributed by atoms with E-state index in [0.717, 1.165) is 11.2 Å².